The Morgan fingerprint density at radius 2 is 2.27 bits per heavy atom. The quantitative estimate of drug-likeness (QED) is 0.745. The van der Waals surface area contributed by atoms with Crippen LogP contribution in [0.1, 0.15) is 6.92 Å². The van der Waals surface area contributed by atoms with E-state index in [0.717, 1.165) is 0 Å². The first-order chi connectivity index (χ1) is 7.09. The van der Waals surface area contributed by atoms with E-state index in [1.54, 1.807) is 31.3 Å². The molecule has 0 aliphatic heterocycles. The second-order valence-corrected chi connectivity index (χ2v) is 3.06. The summed E-state index contributed by atoms with van der Waals surface area (Å²) in [4.78, 5) is 25.9. The second kappa shape index (κ2) is 5.09. The van der Waals surface area contributed by atoms with Crippen molar-refractivity contribution in [3.8, 4) is 0 Å². The molecule has 3 N–H and O–H groups in total. The first-order valence-electron chi connectivity index (χ1n) is 4.46. The van der Waals surface area contributed by atoms with Crippen LogP contribution in [0.3, 0.4) is 0 Å². The lowest BCUT2D eigenvalue weighted by molar-refractivity contribution is -0.122. The average molecular weight is 206 g/mol. The molecule has 1 radical (unpaired) electrons. The van der Waals surface area contributed by atoms with Crippen LogP contribution in [0.4, 0.5) is 5.82 Å². The monoisotopic (exact) mass is 206 g/mol. The molecule has 79 valence electrons. The van der Waals surface area contributed by atoms with Crippen LogP contribution in [-0.4, -0.2) is 16.8 Å². The van der Waals surface area contributed by atoms with E-state index >= 15 is 0 Å². The van der Waals surface area contributed by atoms with Crippen molar-refractivity contribution in [1.82, 2.24) is 4.98 Å². The van der Waals surface area contributed by atoms with Gasteiger partial charge in [0.1, 0.15) is 5.82 Å². The number of anilines is 1. The summed E-state index contributed by atoms with van der Waals surface area (Å²) >= 11 is 0. The fourth-order valence-electron chi connectivity index (χ4n) is 0.914. The van der Waals surface area contributed by atoms with E-state index in [1.165, 1.54) is 6.42 Å². The summed E-state index contributed by atoms with van der Waals surface area (Å²) in [5.74, 6) is -1.07. The van der Waals surface area contributed by atoms with E-state index in [1.807, 2.05) is 0 Å². The lowest BCUT2D eigenvalue weighted by atomic mass is 10.1. The number of aromatic nitrogens is 1. The van der Waals surface area contributed by atoms with E-state index in [2.05, 4.69) is 10.3 Å². The maximum Gasteiger partial charge on any atom is 0.230 e. The summed E-state index contributed by atoms with van der Waals surface area (Å²) in [5, 5.41) is 2.51. The summed E-state index contributed by atoms with van der Waals surface area (Å²) in [5.41, 5.74) is 5.01. The van der Waals surface area contributed by atoms with Gasteiger partial charge in [0.2, 0.25) is 11.8 Å². The van der Waals surface area contributed by atoms with Gasteiger partial charge in [-0.1, -0.05) is 13.0 Å². The molecule has 0 saturated carbocycles. The molecule has 1 rings (SSSR count). The molecule has 1 heterocycles. The molecule has 0 fully saturated rings. The number of primary amides is 1. The zero-order valence-corrected chi connectivity index (χ0v) is 8.31. The van der Waals surface area contributed by atoms with Crippen LogP contribution in [0.15, 0.2) is 24.4 Å². The molecule has 0 aliphatic carbocycles. The lowest BCUT2D eigenvalue weighted by Crippen LogP contribution is -2.26. The van der Waals surface area contributed by atoms with Gasteiger partial charge < -0.3 is 11.1 Å². The van der Waals surface area contributed by atoms with Crippen molar-refractivity contribution < 1.29 is 9.59 Å². The highest BCUT2D eigenvalue weighted by Gasteiger charge is 2.14. The third-order valence-electron chi connectivity index (χ3n) is 1.77. The predicted octanol–water partition coefficient (Wildman–Crippen LogP) is 0.346. The zero-order chi connectivity index (χ0) is 11.3. The topological polar surface area (TPSA) is 85.1 Å². The first-order valence-corrected chi connectivity index (χ1v) is 4.46. The van der Waals surface area contributed by atoms with Gasteiger partial charge in [0.05, 0.1) is 6.42 Å². The minimum Gasteiger partial charge on any atom is -0.369 e. The van der Waals surface area contributed by atoms with Crippen LogP contribution in [-0.2, 0) is 9.59 Å². The molecule has 0 aromatic carbocycles. The Morgan fingerprint density at radius 3 is 2.80 bits per heavy atom. The molecule has 1 aromatic rings. The van der Waals surface area contributed by atoms with Crippen LogP contribution < -0.4 is 11.1 Å². The molecule has 15 heavy (non-hydrogen) atoms. The summed E-state index contributed by atoms with van der Waals surface area (Å²) in [6, 6.07) is 5.15. The van der Waals surface area contributed by atoms with Crippen molar-refractivity contribution in [3.05, 3.63) is 30.8 Å². The second-order valence-electron chi connectivity index (χ2n) is 3.06. The molecule has 1 unspecified atom stereocenters. The molecule has 0 bridgehead atoms. The van der Waals surface area contributed by atoms with Crippen molar-refractivity contribution in [2.45, 2.75) is 6.92 Å². The highest BCUT2D eigenvalue weighted by Crippen LogP contribution is 2.04. The molecular weight excluding hydrogens is 194 g/mol. The Balaban J connectivity index is 2.47. The maximum absolute atomic E-state index is 11.3. The molecule has 0 spiro atoms. The Morgan fingerprint density at radius 1 is 1.53 bits per heavy atom. The summed E-state index contributed by atoms with van der Waals surface area (Å²) in [6.45, 7) is 1.56. The Kier molecular flexibility index (Phi) is 3.79. The third-order valence-corrected chi connectivity index (χ3v) is 1.77. The lowest BCUT2D eigenvalue weighted by Gasteiger charge is -2.06. The Hall–Kier alpha value is -1.91. The Labute approximate surface area is 87.7 Å². The van der Waals surface area contributed by atoms with E-state index in [9.17, 15) is 9.59 Å². The smallest absolute Gasteiger partial charge is 0.230 e. The fourth-order valence-corrected chi connectivity index (χ4v) is 0.914. The zero-order valence-electron chi connectivity index (χ0n) is 8.31. The number of pyridine rings is 1. The standard InChI is InChI=1S/C10H12N3O2/c1-7(10(11)15)6-9(14)13-8-4-2-3-5-12-8/h2-7H,1H3,(H2,11,15)(H,12,13,14). The molecule has 2 amide bonds. The van der Waals surface area contributed by atoms with Crippen molar-refractivity contribution in [3.63, 3.8) is 0 Å². The number of carbonyl (C=O) groups is 2. The van der Waals surface area contributed by atoms with Gasteiger partial charge in [-0.15, -0.1) is 0 Å². The van der Waals surface area contributed by atoms with Crippen LogP contribution in [0, 0.1) is 12.3 Å². The number of carbonyl (C=O) groups excluding carboxylic acids is 2. The summed E-state index contributed by atoms with van der Waals surface area (Å²) in [7, 11) is 0. The number of hydrogen-bond acceptors (Lipinski definition) is 3. The molecule has 1 aromatic heterocycles. The number of nitrogens with zero attached hydrogens (tertiary/aromatic N) is 1. The van der Waals surface area contributed by atoms with E-state index < -0.39 is 11.8 Å². The highest BCUT2D eigenvalue weighted by atomic mass is 16.2. The van der Waals surface area contributed by atoms with E-state index in [0.29, 0.717) is 5.82 Å². The first kappa shape index (κ1) is 11.2. The predicted molar refractivity (Wildman–Crippen MR) is 55.5 cm³/mol. The average Bonchev–Trinajstić information content (AvgIpc) is 2.18. The van der Waals surface area contributed by atoms with Gasteiger partial charge >= 0.3 is 0 Å². The summed E-state index contributed by atoms with van der Waals surface area (Å²) in [6.07, 6.45) is 2.78. The minimum absolute atomic E-state index is 0.389. The molecular formula is C10H12N3O2. The van der Waals surface area contributed by atoms with Crippen molar-refractivity contribution in [2.75, 3.05) is 5.32 Å². The Bertz CT molecular complexity index is 351. The van der Waals surface area contributed by atoms with Gasteiger partial charge in [0.25, 0.3) is 0 Å². The molecule has 1 atom stereocenters. The fraction of sp³-hybridized carbons (Fsp3) is 0.200. The number of amides is 2. The van der Waals surface area contributed by atoms with Crippen molar-refractivity contribution >= 4 is 17.6 Å². The SMILES string of the molecule is CC([CH]C(=O)Nc1ccccn1)C(N)=O. The number of nitrogens with two attached hydrogens (primary N) is 1. The number of hydrogen-bond donors (Lipinski definition) is 2. The molecule has 5 heteroatoms. The molecule has 0 saturated heterocycles. The van der Waals surface area contributed by atoms with Crippen molar-refractivity contribution in [1.29, 1.82) is 0 Å². The van der Waals surface area contributed by atoms with Gasteiger partial charge in [0.15, 0.2) is 0 Å². The van der Waals surface area contributed by atoms with E-state index in [-0.39, 0.29) is 5.91 Å². The van der Waals surface area contributed by atoms with Gasteiger partial charge in [-0.05, 0) is 12.1 Å². The van der Waals surface area contributed by atoms with Crippen LogP contribution >= 0.6 is 0 Å². The minimum atomic E-state index is -0.589. The van der Waals surface area contributed by atoms with Crippen LogP contribution in [0.2, 0.25) is 0 Å². The van der Waals surface area contributed by atoms with Gasteiger partial charge in [-0.25, -0.2) is 4.98 Å². The van der Waals surface area contributed by atoms with Crippen LogP contribution in [0.25, 0.3) is 0 Å². The maximum atomic E-state index is 11.3. The number of rotatable bonds is 4. The largest absolute Gasteiger partial charge is 0.369 e. The van der Waals surface area contributed by atoms with Gasteiger partial charge in [-0.3, -0.25) is 9.59 Å². The molecule has 5 nitrogen and oxygen atoms in total. The third kappa shape index (κ3) is 3.76. The number of nitrogens with one attached hydrogen (secondary N) is 1. The van der Waals surface area contributed by atoms with Gasteiger partial charge in [-0.2, -0.15) is 0 Å². The van der Waals surface area contributed by atoms with Gasteiger partial charge in [0, 0.05) is 12.1 Å². The normalized spacial score (nSPS) is 11.8. The molecule has 0 aliphatic rings. The highest BCUT2D eigenvalue weighted by molar-refractivity contribution is 5.99. The summed E-state index contributed by atoms with van der Waals surface area (Å²) < 4.78 is 0. The van der Waals surface area contributed by atoms with Crippen molar-refractivity contribution in [2.24, 2.45) is 11.7 Å². The van der Waals surface area contributed by atoms with Crippen LogP contribution in [0.5, 0.6) is 0 Å². The van der Waals surface area contributed by atoms with E-state index in [4.69, 9.17) is 5.73 Å².